The van der Waals surface area contributed by atoms with Gasteiger partial charge in [0.1, 0.15) is 0 Å². The number of rotatable bonds is 4. The van der Waals surface area contributed by atoms with Crippen molar-refractivity contribution in [3.05, 3.63) is 18.0 Å². The number of nitrogens with zero attached hydrogens (tertiary/aromatic N) is 5. The van der Waals surface area contributed by atoms with Gasteiger partial charge in [-0.15, -0.1) is 0 Å². The molecular weight excluding hydrogens is 290 g/mol. The van der Waals surface area contributed by atoms with E-state index in [1.165, 1.54) is 13.0 Å². The van der Waals surface area contributed by atoms with E-state index >= 15 is 0 Å². The lowest BCUT2D eigenvalue weighted by Crippen LogP contribution is -2.42. The molecule has 23 heavy (non-hydrogen) atoms. The van der Waals surface area contributed by atoms with Gasteiger partial charge in [0, 0.05) is 50.5 Å². The van der Waals surface area contributed by atoms with Gasteiger partial charge in [-0.25, -0.2) is 9.97 Å². The smallest absolute Gasteiger partial charge is 0.225 e. The summed E-state index contributed by atoms with van der Waals surface area (Å²) in [5.41, 5.74) is 1.32. The molecule has 0 aromatic carbocycles. The van der Waals surface area contributed by atoms with Crippen molar-refractivity contribution in [2.24, 2.45) is 5.41 Å². The monoisotopic (exact) mass is 319 g/mol. The van der Waals surface area contributed by atoms with Crippen molar-refractivity contribution in [1.82, 2.24) is 19.8 Å². The summed E-state index contributed by atoms with van der Waals surface area (Å²) in [6.07, 6.45) is 5.00. The first kappa shape index (κ1) is 16.6. The molecule has 0 unspecified atom stereocenters. The first-order valence-electron chi connectivity index (χ1n) is 8.55. The summed E-state index contributed by atoms with van der Waals surface area (Å²) >= 11 is 0. The fourth-order valence-corrected chi connectivity index (χ4v) is 3.52. The lowest BCUT2D eigenvalue weighted by atomic mass is 9.87. The van der Waals surface area contributed by atoms with Crippen LogP contribution < -0.4 is 4.90 Å². The number of hydrogen-bond acceptors (Lipinski definition) is 6. The van der Waals surface area contributed by atoms with Gasteiger partial charge in [0.2, 0.25) is 5.95 Å². The van der Waals surface area contributed by atoms with E-state index in [0.717, 1.165) is 57.4 Å². The molecule has 0 amide bonds. The number of hydrogen-bond donors (Lipinski definition) is 0. The summed E-state index contributed by atoms with van der Waals surface area (Å²) in [6.45, 7) is 10.0. The third-order valence-corrected chi connectivity index (χ3v) is 4.87. The highest BCUT2D eigenvalue weighted by atomic mass is 16.5. The summed E-state index contributed by atoms with van der Waals surface area (Å²) in [6, 6.07) is 0. The number of aromatic nitrogens is 2. The van der Waals surface area contributed by atoms with Crippen LogP contribution in [-0.2, 0) is 4.74 Å². The first-order chi connectivity index (χ1) is 11.1. The second-order valence-electron chi connectivity index (χ2n) is 7.36. The topological polar surface area (TPSA) is 44.7 Å². The van der Waals surface area contributed by atoms with Crippen molar-refractivity contribution < 1.29 is 4.74 Å². The number of likely N-dealkylation sites (N-methyl/N-ethyl adjacent to an activating group) is 1. The van der Waals surface area contributed by atoms with Crippen LogP contribution in [0.5, 0.6) is 0 Å². The van der Waals surface area contributed by atoms with Crippen molar-refractivity contribution >= 4 is 5.95 Å². The molecular formula is C17H29N5O. The molecule has 2 aliphatic rings. The fourth-order valence-electron chi connectivity index (χ4n) is 3.52. The molecule has 0 aliphatic carbocycles. The number of anilines is 1. The zero-order valence-corrected chi connectivity index (χ0v) is 14.7. The van der Waals surface area contributed by atoms with Crippen LogP contribution in [0.4, 0.5) is 5.95 Å². The highest BCUT2D eigenvalue weighted by Gasteiger charge is 2.41. The van der Waals surface area contributed by atoms with Gasteiger partial charge in [-0.1, -0.05) is 0 Å². The Hall–Kier alpha value is -1.24. The highest BCUT2D eigenvalue weighted by molar-refractivity contribution is 5.31. The molecule has 3 rings (SSSR count). The molecule has 1 aromatic rings. The Labute approximate surface area is 139 Å². The number of ether oxygens (including phenoxy) is 1. The van der Waals surface area contributed by atoms with Crippen molar-refractivity contribution in [2.45, 2.75) is 13.3 Å². The van der Waals surface area contributed by atoms with E-state index in [1.54, 1.807) is 0 Å². The van der Waals surface area contributed by atoms with Gasteiger partial charge in [0.25, 0.3) is 0 Å². The molecule has 128 valence electrons. The summed E-state index contributed by atoms with van der Waals surface area (Å²) < 4.78 is 5.95. The summed E-state index contributed by atoms with van der Waals surface area (Å²) in [5.74, 6) is 0.840. The van der Waals surface area contributed by atoms with Gasteiger partial charge in [0.15, 0.2) is 0 Å². The molecule has 2 aliphatic heterocycles. The van der Waals surface area contributed by atoms with Gasteiger partial charge in [-0.05, 0) is 39.5 Å². The van der Waals surface area contributed by atoms with Crippen LogP contribution in [0.25, 0.3) is 0 Å². The van der Waals surface area contributed by atoms with Gasteiger partial charge in [0.05, 0.1) is 13.2 Å². The van der Waals surface area contributed by atoms with Crippen LogP contribution in [0, 0.1) is 12.3 Å². The number of likely N-dealkylation sites (tertiary alicyclic amines) is 1. The van der Waals surface area contributed by atoms with Gasteiger partial charge < -0.3 is 19.4 Å². The molecule has 0 bridgehead atoms. The summed E-state index contributed by atoms with van der Waals surface area (Å²) in [7, 11) is 4.27. The predicted octanol–water partition coefficient (Wildman–Crippen LogP) is 0.875. The normalized spacial score (nSPS) is 26.2. The van der Waals surface area contributed by atoms with Crippen molar-refractivity contribution in [3.63, 3.8) is 0 Å². The van der Waals surface area contributed by atoms with E-state index in [-0.39, 0.29) is 5.41 Å². The van der Waals surface area contributed by atoms with Crippen LogP contribution in [0.3, 0.4) is 0 Å². The summed E-state index contributed by atoms with van der Waals surface area (Å²) in [4.78, 5) is 16.2. The summed E-state index contributed by atoms with van der Waals surface area (Å²) in [5, 5.41) is 0. The average molecular weight is 319 g/mol. The van der Waals surface area contributed by atoms with Crippen molar-refractivity contribution in [2.75, 3.05) is 71.5 Å². The van der Waals surface area contributed by atoms with E-state index in [4.69, 9.17) is 4.74 Å². The zero-order chi connectivity index (χ0) is 16.3. The van der Waals surface area contributed by atoms with E-state index in [0.29, 0.717) is 0 Å². The van der Waals surface area contributed by atoms with Crippen LogP contribution in [0.2, 0.25) is 0 Å². The molecule has 3 heterocycles. The quantitative estimate of drug-likeness (QED) is 0.821. The Morgan fingerprint density at radius 3 is 2.74 bits per heavy atom. The van der Waals surface area contributed by atoms with E-state index < -0.39 is 0 Å². The molecule has 0 saturated carbocycles. The lowest BCUT2D eigenvalue weighted by Gasteiger charge is -2.32. The Kier molecular flexibility index (Phi) is 5.14. The molecule has 0 N–H and O–H groups in total. The maximum absolute atomic E-state index is 5.95. The van der Waals surface area contributed by atoms with E-state index in [9.17, 15) is 0 Å². The molecule has 1 atom stereocenters. The standard InChI is InChI=1S/C17H29N5O/c1-15-10-18-16(19-11-15)22-8-9-23-14-17(13-22)4-5-21(12-17)7-6-20(2)3/h10-11H,4-9,12-14H2,1-3H3/t17-/m0/s1. The maximum atomic E-state index is 5.95. The van der Waals surface area contributed by atoms with E-state index in [1.807, 2.05) is 19.3 Å². The fraction of sp³-hybridized carbons (Fsp3) is 0.765. The molecule has 2 fully saturated rings. The SMILES string of the molecule is Cc1cnc(N2CCOC[C@]3(CCN(CCN(C)C)C3)C2)nc1. The molecule has 2 saturated heterocycles. The lowest BCUT2D eigenvalue weighted by molar-refractivity contribution is 0.0730. The van der Waals surface area contributed by atoms with Gasteiger partial charge in [-0.2, -0.15) is 0 Å². The number of aryl methyl sites for hydroxylation is 1. The van der Waals surface area contributed by atoms with Crippen LogP contribution in [0.15, 0.2) is 12.4 Å². The Morgan fingerprint density at radius 2 is 2.00 bits per heavy atom. The highest BCUT2D eigenvalue weighted by Crippen LogP contribution is 2.34. The zero-order valence-electron chi connectivity index (χ0n) is 14.7. The molecule has 1 spiro atoms. The second kappa shape index (κ2) is 7.11. The van der Waals surface area contributed by atoms with Crippen LogP contribution in [0.1, 0.15) is 12.0 Å². The minimum absolute atomic E-state index is 0.219. The second-order valence-corrected chi connectivity index (χ2v) is 7.36. The largest absolute Gasteiger partial charge is 0.379 e. The average Bonchev–Trinajstić information content (AvgIpc) is 2.80. The third kappa shape index (κ3) is 4.19. The van der Waals surface area contributed by atoms with Crippen LogP contribution in [-0.4, -0.2) is 86.3 Å². The first-order valence-corrected chi connectivity index (χ1v) is 8.55. The molecule has 0 radical (unpaired) electrons. The van der Waals surface area contributed by atoms with Gasteiger partial charge in [-0.3, -0.25) is 0 Å². The van der Waals surface area contributed by atoms with Crippen molar-refractivity contribution in [3.8, 4) is 0 Å². The Morgan fingerprint density at radius 1 is 1.22 bits per heavy atom. The van der Waals surface area contributed by atoms with Gasteiger partial charge >= 0.3 is 0 Å². The molecule has 6 heteroatoms. The minimum Gasteiger partial charge on any atom is -0.379 e. The molecule has 1 aromatic heterocycles. The Bertz CT molecular complexity index is 506. The molecule has 6 nitrogen and oxygen atoms in total. The maximum Gasteiger partial charge on any atom is 0.225 e. The van der Waals surface area contributed by atoms with Crippen molar-refractivity contribution in [1.29, 1.82) is 0 Å². The van der Waals surface area contributed by atoms with Crippen LogP contribution >= 0.6 is 0 Å². The van der Waals surface area contributed by atoms with E-state index in [2.05, 4.69) is 38.8 Å². The minimum atomic E-state index is 0.219. The predicted molar refractivity (Wildman–Crippen MR) is 91.8 cm³/mol. The third-order valence-electron chi connectivity index (χ3n) is 4.87. The Balaban J connectivity index is 1.66.